The van der Waals surface area contributed by atoms with Crippen LogP contribution in [0.4, 0.5) is 0 Å². The molecule has 0 spiro atoms. The van der Waals surface area contributed by atoms with Crippen molar-refractivity contribution in [2.24, 2.45) is 5.73 Å². The lowest BCUT2D eigenvalue weighted by Gasteiger charge is -2.02. The molecule has 70 valence electrons. The van der Waals surface area contributed by atoms with Crippen molar-refractivity contribution in [2.45, 2.75) is 11.8 Å². The van der Waals surface area contributed by atoms with Crippen LogP contribution >= 0.6 is 0 Å². The van der Waals surface area contributed by atoms with Crippen LogP contribution in [0.15, 0.2) is 23.1 Å². The number of carbonyl (C=O) groups excluding carboxylic acids is 1. The number of carbonyl (C=O) groups is 1. The molecule has 1 aromatic carbocycles. The van der Waals surface area contributed by atoms with Crippen LogP contribution in [0, 0.1) is 6.92 Å². The number of nitrogens with two attached hydrogens (primary N) is 1. The predicted molar refractivity (Wildman–Crippen MR) is 48.7 cm³/mol. The molecule has 1 amide bonds. The van der Waals surface area contributed by atoms with Gasteiger partial charge in [0.05, 0.1) is 10.5 Å². The molecule has 4 nitrogen and oxygen atoms in total. The van der Waals surface area contributed by atoms with Crippen LogP contribution in [-0.4, -0.2) is 14.7 Å². The minimum Gasteiger partial charge on any atom is -0.366 e. The molecule has 1 rings (SSSR count). The van der Waals surface area contributed by atoms with E-state index in [-0.39, 0.29) is 10.5 Å². The largest absolute Gasteiger partial charge is 0.366 e. The summed E-state index contributed by atoms with van der Waals surface area (Å²) in [5.74, 6) is -0.693. The summed E-state index contributed by atoms with van der Waals surface area (Å²) in [5.41, 5.74) is 5.96. The van der Waals surface area contributed by atoms with Crippen molar-refractivity contribution in [3.8, 4) is 0 Å². The summed E-state index contributed by atoms with van der Waals surface area (Å²) in [5, 5.41) is 0. The highest BCUT2D eigenvalue weighted by Crippen LogP contribution is 2.13. The van der Waals surface area contributed by atoms with Crippen LogP contribution in [0.3, 0.4) is 0 Å². The van der Waals surface area contributed by atoms with E-state index in [0.717, 1.165) is 5.56 Å². The lowest BCUT2D eigenvalue weighted by atomic mass is 10.1. The van der Waals surface area contributed by atoms with Crippen LogP contribution in [0.5, 0.6) is 0 Å². The second-order valence-electron chi connectivity index (χ2n) is 2.61. The number of benzene rings is 1. The van der Waals surface area contributed by atoms with E-state index in [4.69, 9.17) is 10.3 Å². The van der Waals surface area contributed by atoms with Gasteiger partial charge >= 0.3 is 0 Å². The van der Waals surface area contributed by atoms with E-state index in [1.165, 1.54) is 12.1 Å². The number of aryl methyl sites for hydroxylation is 1. The highest BCUT2D eigenvalue weighted by atomic mass is 32.2. The maximum atomic E-state index is 10.9. The second kappa shape index (κ2) is 3.68. The molecule has 0 aromatic heterocycles. The van der Waals surface area contributed by atoms with E-state index in [2.05, 4.69) is 0 Å². The van der Waals surface area contributed by atoms with E-state index < -0.39 is 17.0 Å². The van der Waals surface area contributed by atoms with Crippen LogP contribution in [0.1, 0.15) is 15.9 Å². The Balaban J connectivity index is 3.35. The molecule has 1 unspecified atom stereocenters. The molecule has 13 heavy (non-hydrogen) atoms. The number of hydrogen-bond acceptors (Lipinski definition) is 2. The van der Waals surface area contributed by atoms with Crippen molar-refractivity contribution >= 4 is 17.0 Å². The fourth-order valence-electron chi connectivity index (χ4n) is 0.989. The summed E-state index contributed by atoms with van der Waals surface area (Å²) in [7, 11) is 0. The fourth-order valence-corrected chi connectivity index (χ4v) is 1.52. The summed E-state index contributed by atoms with van der Waals surface area (Å²) in [6.07, 6.45) is 0. The molecule has 0 aliphatic carbocycles. The second-order valence-corrected chi connectivity index (χ2v) is 3.55. The van der Waals surface area contributed by atoms with Gasteiger partial charge in [0, 0.05) is 0 Å². The third-order valence-corrected chi connectivity index (χ3v) is 2.32. The maximum Gasteiger partial charge on any atom is 0.250 e. The van der Waals surface area contributed by atoms with E-state index in [1.807, 2.05) is 0 Å². The quantitative estimate of drug-likeness (QED) is 0.687. The van der Waals surface area contributed by atoms with Crippen LogP contribution in [0.25, 0.3) is 0 Å². The summed E-state index contributed by atoms with van der Waals surface area (Å²) in [6, 6.07) is 4.56. The van der Waals surface area contributed by atoms with Gasteiger partial charge in [0.25, 0.3) is 0 Å². The van der Waals surface area contributed by atoms with Crippen molar-refractivity contribution in [3.05, 3.63) is 29.3 Å². The van der Waals surface area contributed by atoms with Gasteiger partial charge in [-0.3, -0.25) is 4.79 Å². The summed E-state index contributed by atoms with van der Waals surface area (Å²) in [6.45, 7) is 1.77. The lowest BCUT2D eigenvalue weighted by molar-refractivity contribution is 0.0997. The normalized spacial score (nSPS) is 12.5. The van der Waals surface area contributed by atoms with Gasteiger partial charge in [-0.25, -0.2) is 4.21 Å². The first kappa shape index (κ1) is 9.88. The van der Waals surface area contributed by atoms with Gasteiger partial charge in [0.1, 0.15) is 0 Å². The molecule has 0 saturated carbocycles. The lowest BCUT2D eigenvalue weighted by Crippen LogP contribution is -2.14. The Morgan fingerprint density at radius 2 is 2.15 bits per heavy atom. The Labute approximate surface area is 78.0 Å². The van der Waals surface area contributed by atoms with Gasteiger partial charge in [-0.05, 0) is 19.1 Å². The zero-order valence-electron chi connectivity index (χ0n) is 6.98. The topological polar surface area (TPSA) is 80.4 Å². The van der Waals surface area contributed by atoms with E-state index in [1.54, 1.807) is 13.0 Å². The number of primary amides is 1. The number of rotatable bonds is 2. The molecule has 0 aliphatic heterocycles. The van der Waals surface area contributed by atoms with Crippen molar-refractivity contribution < 1.29 is 13.6 Å². The molecule has 0 heterocycles. The standard InChI is InChI=1S/C8H9NO3S/c1-5-2-3-7(13(11)12)6(4-5)8(9)10/h2-4H,1H3,(H2,9,10)(H,11,12). The first-order valence-electron chi connectivity index (χ1n) is 3.53. The Morgan fingerprint density at radius 1 is 1.54 bits per heavy atom. The van der Waals surface area contributed by atoms with Gasteiger partial charge in [-0.15, -0.1) is 0 Å². The van der Waals surface area contributed by atoms with Gasteiger partial charge in [-0.1, -0.05) is 11.6 Å². The van der Waals surface area contributed by atoms with E-state index in [0.29, 0.717) is 0 Å². The molecule has 0 fully saturated rings. The Morgan fingerprint density at radius 3 is 2.62 bits per heavy atom. The average Bonchev–Trinajstić information content (AvgIpc) is 2.03. The van der Waals surface area contributed by atoms with Crippen molar-refractivity contribution in [1.29, 1.82) is 0 Å². The van der Waals surface area contributed by atoms with Crippen molar-refractivity contribution in [3.63, 3.8) is 0 Å². The minimum atomic E-state index is -2.17. The smallest absolute Gasteiger partial charge is 0.250 e. The Kier molecular flexibility index (Phi) is 2.79. The van der Waals surface area contributed by atoms with Gasteiger partial charge < -0.3 is 10.3 Å². The highest BCUT2D eigenvalue weighted by molar-refractivity contribution is 7.79. The molecule has 1 aromatic rings. The SMILES string of the molecule is Cc1ccc(S(=O)O)c(C(N)=O)c1. The van der Waals surface area contributed by atoms with Crippen molar-refractivity contribution in [2.75, 3.05) is 0 Å². The molecule has 0 aliphatic rings. The first-order valence-corrected chi connectivity index (χ1v) is 4.64. The Hall–Kier alpha value is -1.20. The Bertz CT molecular complexity index is 376. The number of amides is 1. The first-order chi connectivity index (χ1) is 6.02. The van der Waals surface area contributed by atoms with Crippen LogP contribution in [0.2, 0.25) is 0 Å². The predicted octanol–water partition coefficient (Wildman–Crippen LogP) is 0.675. The van der Waals surface area contributed by atoms with Crippen LogP contribution in [-0.2, 0) is 11.1 Å². The molecule has 5 heteroatoms. The zero-order chi connectivity index (χ0) is 10.0. The zero-order valence-corrected chi connectivity index (χ0v) is 7.80. The summed E-state index contributed by atoms with van der Waals surface area (Å²) < 4.78 is 19.5. The van der Waals surface area contributed by atoms with E-state index in [9.17, 15) is 9.00 Å². The molecular weight excluding hydrogens is 190 g/mol. The third-order valence-electron chi connectivity index (χ3n) is 1.59. The minimum absolute atomic E-state index is 0.0538. The fraction of sp³-hybridized carbons (Fsp3) is 0.125. The van der Waals surface area contributed by atoms with Gasteiger partial charge in [-0.2, -0.15) is 0 Å². The molecule has 0 saturated heterocycles. The van der Waals surface area contributed by atoms with Gasteiger partial charge in [0.2, 0.25) is 5.91 Å². The van der Waals surface area contributed by atoms with Gasteiger partial charge in [0.15, 0.2) is 11.1 Å². The monoisotopic (exact) mass is 199 g/mol. The summed E-state index contributed by atoms with van der Waals surface area (Å²) in [4.78, 5) is 10.9. The molecule has 3 N–H and O–H groups in total. The third kappa shape index (κ3) is 2.13. The summed E-state index contributed by atoms with van der Waals surface area (Å²) >= 11 is -2.17. The molecular formula is C8H9NO3S. The maximum absolute atomic E-state index is 10.9. The molecule has 1 atom stereocenters. The van der Waals surface area contributed by atoms with Crippen molar-refractivity contribution in [1.82, 2.24) is 0 Å². The molecule has 0 bridgehead atoms. The van der Waals surface area contributed by atoms with Crippen LogP contribution < -0.4 is 5.73 Å². The van der Waals surface area contributed by atoms with E-state index >= 15 is 0 Å². The average molecular weight is 199 g/mol. The number of hydrogen-bond donors (Lipinski definition) is 2. The highest BCUT2D eigenvalue weighted by Gasteiger charge is 2.11. The molecule has 0 radical (unpaired) electrons.